The minimum atomic E-state index is 0.701. The number of allylic oxidation sites excluding steroid dienone is 15. The average Bonchev–Trinajstić information content (AvgIpc) is 2.84. The summed E-state index contributed by atoms with van der Waals surface area (Å²) < 4.78 is 0. The Morgan fingerprint density at radius 1 is 0.500 bits per heavy atom. The molecule has 0 amide bonds. The highest BCUT2D eigenvalue weighted by atomic mass is 79.9. The molecule has 0 spiro atoms. The molecule has 3 aliphatic rings. The van der Waals surface area contributed by atoms with Crippen molar-refractivity contribution in [2.75, 3.05) is 0 Å². The Balaban J connectivity index is 1.76. The molecule has 6 heteroatoms. The Hall–Kier alpha value is -1.89. The summed E-state index contributed by atoms with van der Waals surface area (Å²) in [6, 6.07) is 0. The van der Waals surface area contributed by atoms with Crippen LogP contribution in [0.4, 0.5) is 0 Å². The number of nitrogens with zero attached hydrogens (tertiary/aromatic N) is 3. The van der Waals surface area contributed by atoms with E-state index in [0.717, 1.165) is 36.0 Å². The molecule has 0 atom stereocenters. The maximum Gasteiger partial charge on any atom is 0.163 e. The van der Waals surface area contributed by atoms with E-state index in [1.165, 1.54) is 16.7 Å². The quantitative estimate of drug-likeness (QED) is 0.363. The first-order valence-corrected chi connectivity index (χ1v) is 12.2. The van der Waals surface area contributed by atoms with Crippen LogP contribution in [0.5, 0.6) is 0 Å². The SMILES string of the molecule is BrC=C1C=CC(c2nc(C3=CCC(=CBr)C=C3)nc(C3=CCC(=CBr)C=C3)n2)=CC1. The Labute approximate surface area is 201 Å². The lowest BCUT2D eigenvalue weighted by Crippen LogP contribution is -2.08. The van der Waals surface area contributed by atoms with Crippen LogP contribution in [-0.2, 0) is 0 Å². The topological polar surface area (TPSA) is 38.7 Å². The van der Waals surface area contributed by atoms with Crippen molar-refractivity contribution in [3.63, 3.8) is 0 Å². The monoisotopic (exact) mass is 585 g/mol. The summed E-state index contributed by atoms with van der Waals surface area (Å²) in [5.41, 5.74) is 6.69. The van der Waals surface area contributed by atoms with Crippen molar-refractivity contribution < 1.29 is 0 Å². The van der Waals surface area contributed by atoms with Crippen LogP contribution in [0.3, 0.4) is 0 Å². The second kappa shape index (κ2) is 9.94. The third kappa shape index (κ3) is 4.88. The van der Waals surface area contributed by atoms with Gasteiger partial charge in [0.2, 0.25) is 0 Å². The number of rotatable bonds is 3. The van der Waals surface area contributed by atoms with Crippen molar-refractivity contribution in [3.05, 3.63) is 104 Å². The zero-order valence-electron chi connectivity index (χ0n) is 16.0. The average molecular weight is 588 g/mol. The molecule has 1 aromatic rings. The van der Waals surface area contributed by atoms with E-state index >= 15 is 0 Å². The fourth-order valence-electron chi connectivity index (χ4n) is 3.19. The number of aromatic nitrogens is 3. The van der Waals surface area contributed by atoms with Crippen LogP contribution < -0.4 is 0 Å². The lowest BCUT2D eigenvalue weighted by Gasteiger charge is -2.14. The fraction of sp³-hybridized carbons (Fsp3) is 0.125. The summed E-state index contributed by atoms with van der Waals surface area (Å²) in [5.74, 6) is 2.10. The Morgan fingerprint density at radius 3 is 1.00 bits per heavy atom. The van der Waals surface area contributed by atoms with E-state index in [2.05, 4.69) is 102 Å². The van der Waals surface area contributed by atoms with Gasteiger partial charge in [-0.15, -0.1) is 0 Å². The largest absolute Gasteiger partial charge is 0.208 e. The molecule has 3 aliphatic carbocycles. The summed E-state index contributed by atoms with van der Waals surface area (Å²) in [6.07, 6.45) is 21.5. The zero-order valence-corrected chi connectivity index (χ0v) is 20.8. The Bertz CT molecular complexity index is 987. The van der Waals surface area contributed by atoms with Crippen LogP contribution in [0.15, 0.2) is 86.4 Å². The van der Waals surface area contributed by atoms with E-state index in [4.69, 9.17) is 15.0 Å². The molecular weight excluding hydrogens is 570 g/mol. The van der Waals surface area contributed by atoms with Gasteiger partial charge in [0.25, 0.3) is 0 Å². The van der Waals surface area contributed by atoms with Crippen LogP contribution in [0.2, 0.25) is 0 Å². The lowest BCUT2D eigenvalue weighted by atomic mass is 10.0. The third-order valence-electron chi connectivity index (χ3n) is 4.93. The molecule has 0 radical (unpaired) electrons. The highest BCUT2D eigenvalue weighted by Gasteiger charge is 2.16. The van der Waals surface area contributed by atoms with Crippen molar-refractivity contribution in [2.45, 2.75) is 19.3 Å². The predicted molar refractivity (Wildman–Crippen MR) is 136 cm³/mol. The van der Waals surface area contributed by atoms with E-state index in [-0.39, 0.29) is 0 Å². The molecule has 0 N–H and O–H groups in total. The molecule has 1 aromatic heterocycles. The number of hydrogen-bond acceptors (Lipinski definition) is 3. The van der Waals surface area contributed by atoms with E-state index in [1.807, 2.05) is 15.0 Å². The second-order valence-electron chi connectivity index (χ2n) is 6.95. The summed E-state index contributed by atoms with van der Waals surface area (Å²) in [6.45, 7) is 0. The minimum Gasteiger partial charge on any atom is -0.208 e. The van der Waals surface area contributed by atoms with E-state index in [1.54, 1.807) is 0 Å². The standard InChI is InChI=1S/C24H18Br3N3/c25-13-16-1-7-19(8-2-16)22-28-23(20-9-3-17(14-26)4-10-20)30-24(29-22)21-11-5-18(15-27)6-12-21/h1,3,5,7-15H,2,4,6H2. The lowest BCUT2D eigenvalue weighted by molar-refractivity contribution is 0.964. The molecule has 0 aromatic carbocycles. The maximum atomic E-state index is 4.81. The molecule has 0 saturated heterocycles. The second-order valence-corrected chi connectivity index (χ2v) is 8.32. The van der Waals surface area contributed by atoms with Crippen LogP contribution in [-0.4, -0.2) is 15.0 Å². The molecule has 0 aliphatic heterocycles. The van der Waals surface area contributed by atoms with Crippen molar-refractivity contribution in [3.8, 4) is 0 Å². The molecule has 1 heterocycles. The molecule has 4 rings (SSSR count). The van der Waals surface area contributed by atoms with E-state index in [0.29, 0.717) is 17.5 Å². The van der Waals surface area contributed by atoms with Gasteiger partial charge in [-0.25, -0.2) is 15.0 Å². The predicted octanol–water partition coefficient (Wildman–Crippen LogP) is 7.74. The summed E-state index contributed by atoms with van der Waals surface area (Å²) in [5, 5.41) is 0. The first kappa shape index (κ1) is 21.3. The summed E-state index contributed by atoms with van der Waals surface area (Å²) >= 11 is 10.2. The van der Waals surface area contributed by atoms with Gasteiger partial charge in [0.1, 0.15) is 0 Å². The van der Waals surface area contributed by atoms with Gasteiger partial charge in [-0.2, -0.15) is 0 Å². The smallest absolute Gasteiger partial charge is 0.163 e. The van der Waals surface area contributed by atoms with E-state index in [9.17, 15) is 0 Å². The number of halogens is 3. The van der Waals surface area contributed by atoms with Crippen LogP contribution in [0.1, 0.15) is 36.7 Å². The van der Waals surface area contributed by atoms with Gasteiger partial charge in [0, 0.05) is 16.7 Å². The van der Waals surface area contributed by atoms with Gasteiger partial charge in [0.05, 0.1) is 0 Å². The van der Waals surface area contributed by atoms with Gasteiger partial charge in [-0.05, 0) is 50.9 Å². The molecule has 0 saturated carbocycles. The Morgan fingerprint density at radius 2 is 0.800 bits per heavy atom. The Kier molecular flexibility index (Phi) is 7.08. The molecular formula is C24H18Br3N3. The summed E-state index contributed by atoms with van der Waals surface area (Å²) in [7, 11) is 0. The van der Waals surface area contributed by atoms with Crippen molar-refractivity contribution >= 4 is 64.5 Å². The normalized spacial score (nSPS) is 22.5. The first-order chi connectivity index (χ1) is 14.7. The van der Waals surface area contributed by atoms with Crippen LogP contribution in [0, 0.1) is 0 Å². The van der Waals surface area contributed by atoms with Gasteiger partial charge < -0.3 is 0 Å². The third-order valence-corrected chi connectivity index (χ3v) is 6.70. The zero-order chi connectivity index (χ0) is 20.9. The fourth-order valence-corrected chi connectivity index (χ4v) is 4.20. The van der Waals surface area contributed by atoms with Crippen LogP contribution >= 0.6 is 47.8 Å². The molecule has 150 valence electrons. The number of hydrogen-bond donors (Lipinski definition) is 0. The van der Waals surface area contributed by atoms with Crippen molar-refractivity contribution in [2.24, 2.45) is 0 Å². The van der Waals surface area contributed by atoms with Crippen molar-refractivity contribution in [1.29, 1.82) is 0 Å². The van der Waals surface area contributed by atoms with Crippen LogP contribution in [0.25, 0.3) is 16.7 Å². The first-order valence-electron chi connectivity index (χ1n) is 9.50. The minimum absolute atomic E-state index is 0.701. The molecule has 0 unspecified atom stereocenters. The molecule has 0 fully saturated rings. The van der Waals surface area contributed by atoms with Gasteiger partial charge in [0.15, 0.2) is 17.5 Å². The summed E-state index contributed by atoms with van der Waals surface area (Å²) in [4.78, 5) is 20.3. The molecule has 3 nitrogen and oxygen atoms in total. The maximum absolute atomic E-state index is 4.81. The highest BCUT2D eigenvalue weighted by Crippen LogP contribution is 2.29. The van der Waals surface area contributed by atoms with Gasteiger partial charge in [-0.1, -0.05) is 102 Å². The molecule has 0 bridgehead atoms. The van der Waals surface area contributed by atoms with Gasteiger partial charge >= 0.3 is 0 Å². The van der Waals surface area contributed by atoms with Crippen molar-refractivity contribution in [1.82, 2.24) is 15.0 Å². The highest BCUT2D eigenvalue weighted by molar-refractivity contribution is 9.11. The molecule has 30 heavy (non-hydrogen) atoms. The van der Waals surface area contributed by atoms with E-state index < -0.39 is 0 Å². The van der Waals surface area contributed by atoms with Gasteiger partial charge in [-0.3, -0.25) is 0 Å².